The summed E-state index contributed by atoms with van der Waals surface area (Å²) in [4.78, 5) is 23.3. The van der Waals surface area contributed by atoms with Gasteiger partial charge < -0.3 is 15.5 Å². The van der Waals surface area contributed by atoms with Gasteiger partial charge in [-0.1, -0.05) is 6.42 Å². The molecule has 1 fully saturated rings. The second-order valence-corrected chi connectivity index (χ2v) is 7.66. The minimum atomic E-state index is -0.285. The van der Waals surface area contributed by atoms with Crippen molar-refractivity contribution >= 4 is 17.4 Å². The summed E-state index contributed by atoms with van der Waals surface area (Å²) in [5, 5.41) is 6.21. The number of likely N-dealkylation sites (tertiary alicyclic amines) is 1. The van der Waals surface area contributed by atoms with Crippen LogP contribution in [0.15, 0.2) is 60.9 Å². The first-order valence-corrected chi connectivity index (χ1v) is 10.6. The summed E-state index contributed by atoms with van der Waals surface area (Å²) in [6.45, 7) is 3.81. The summed E-state index contributed by atoms with van der Waals surface area (Å²) in [7, 11) is 0. The fourth-order valence-corrected chi connectivity index (χ4v) is 3.67. The third-order valence-electron chi connectivity index (χ3n) is 5.39. The molecule has 1 amide bonds. The van der Waals surface area contributed by atoms with Gasteiger partial charge in [-0.25, -0.2) is 14.4 Å². The fraction of sp³-hybridized carbons (Fsp3) is 0.292. The van der Waals surface area contributed by atoms with Gasteiger partial charge in [-0.3, -0.25) is 4.79 Å². The Kier molecular flexibility index (Phi) is 6.84. The van der Waals surface area contributed by atoms with Crippen LogP contribution in [0.3, 0.4) is 0 Å². The molecule has 2 N–H and O–H groups in total. The highest BCUT2D eigenvalue weighted by molar-refractivity contribution is 5.94. The second kappa shape index (κ2) is 10.1. The molecule has 1 aromatic heterocycles. The van der Waals surface area contributed by atoms with Crippen LogP contribution in [-0.4, -0.2) is 47.0 Å². The number of piperidine rings is 1. The van der Waals surface area contributed by atoms with Gasteiger partial charge >= 0.3 is 0 Å². The van der Waals surface area contributed by atoms with Crippen molar-refractivity contribution in [2.75, 3.05) is 31.5 Å². The number of benzene rings is 2. The number of nitrogens with one attached hydrogen (secondary N) is 2. The minimum absolute atomic E-state index is 0.0656. The van der Waals surface area contributed by atoms with Crippen LogP contribution in [0.5, 0.6) is 0 Å². The molecule has 0 saturated carbocycles. The molecule has 1 aliphatic rings. The second-order valence-electron chi connectivity index (χ2n) is 7.66. The van der Waals surface area contributed by atoms with Crippen molar-refractivity contribution < 1.29 is 9.18 Å². The van der Waals surface area contributed by atoms with E-state index in [9.17, 15) is 9.18 Å². The first-order valence-electron chi connectivity index (χ1n) is 10.6. The van der Waals surface area contributed by atoms with Crippen LogP contribution >= 0.6 is 0 Å². The zero-order valence-corrected chi connectivity index (χ0v) is 17.4. The van der Waals surface area contributed by atoms with E-state index in [0.29, 0.717) is 23.6 Å². The van der Waals surface area contributed by atoms with E-state index in [1.165, 1.54) is 37.7 Å². The molecule has 0 unspecified atom stereocenters. The molecule has 4 rings (SSSR count). The van der Waals surface area contributed by atoms with Crippen molar-refractivity contribution in [3.05, 3.63) is 72.3 Å². The lowest BCUT2D eigenvalue weighted by Crippen LogP contribution is -2.37. The van der Waals surface area contributed by atoms with Crippen molar-refractivity contribution in [1.29, 1.82) is 0 Å². The van der Waals surface area contributed by atoms with Crippen molar-refractivity contribution in [2.24, 2.45) is 0 Å². The van der Waals surface area contributed by atoms with Crippen LogP contribution in [0.25, 0.3) is 11.3 Å². The summed E-state index contributed by atoms with van der Waals surface area (Å²) in [6.07, 6.45) is 5.28. The monoisotopic (exact) mass is 419 g/mol. The molecule has 3 aromatic rings. The first-order chi connectivity index (χ1) is 15.2. The highest BCUT2D eigenvalue weighted by atomic mass is 19.1. The van der Waals surface area contributed by atoms with E-state index in [0.717, 1.165) is 30.9 Å². The molecular weight excluding hydrogens is 393 g/mol. The maximum absolute atomic E-state index is 13.1. The number of rotatable bonds is 7. The molecule has 6 nitrogen and oxygen atoms in total. The third-order valence-corrected chi connectivity index (χ3v) is 5.39. The molecule has 160 valence electrons. The highest BCUT2D eigenvalue weighted by Crippen LogP contribution is 2.21. The standard InChI is InChI=1S/C24H26FN5O/c25-20-8-4-18(5-9-20)22-16-23(28-17-27-22)29-21-10-6-19(7-11-21)24(31)26-12-15-30-13-2-1-3-14-30/h4-11,16-17H,1-3,12-15H2,(H,26,31)(H,27,28,29). The van der Waals surface area contributed by atoms with Gasteiger partial charge in [-0.05, 0) is 74.5 Å². The van der Waals surface area contributed by atoms with E-state index >= 15 is 0 Å². The van der Waals surface area contributed by atoms with Gasteiger partial charge in [0.1, 0.15) is 18.0 Å². The Morgan fingerprint density at radius 2 is 1.71 bits per heavy atom. The maximum Gasteiger partial charge on any atom is 0.251 e. The van der Waals surface area contributed by atoms with Gasteiger partial charge in [-0.2, -0.15) is 0 Å². The molecule has 2 aromatic carbocycles. The van der Waals surface area contributed by atoms with Gasteiger partial charge in [0.15, 0.2) is 0 Å². The Labute approximate surface area is 181 Å². The Morgan fingerprint density at radius 3 is 2.45 bits per heavy atom. The number of carbonyl (C=O) groups is 1. The van der Waals surface area contributed by atoms with Crippen LogP contribution in [0, 0.1) is 5.82 Å². The van der Waals surface area contributed by atoms with E-state index in [1.807, 2.05) is 12.1 Å². The molecule has 0 bridgehead atoms. The Morgan fingerprint density at radius 1 is 0.968 bits per heavy atom. The number of anilines is 2. The molecule has 1 aliphatic heterocycles. The van der Waals surface area contributed by atoms with Crippen LogP contribution < -0.4 is 10.6 Å². The lowest BCUT2D eigenvalue weighted by Gasteiger charge is -2.26. The van der Waals surface area contributed by atoms with Gasteiger partial charge in [0.2, 0.25) is 0 Å². The lowest BCUT2D eigenvalue weighted by molar-refractivity contribution is 0.0946. The minimum Gasteiger partial charge on any atom is -0.351 e. The van der Waals surface area contributed by atoms with Crippen LogP contribution in [0.2, 0.25) is 0 Å². The van der Waals surface area contributed by atoms with Crippen LogP contribution in [0.1, 0.15) is 29.6 Å². The zero-order valence-electron chi connectivity index (χ0n) is 17.4. The van der Waals surface area contributed by atoms with Crippen molar-refractivity contribution in [1.82, 2.24) is 20.2 Å². The highest BCUT2D eigenvalue weighted by Gasteiger charge is 2.11. The number of hydrogen-bond donors (Lipinski definition) is 2. The average Bonchev–Trinajstić information content (AvgIpc) is 2.81. The topological polar surface area (TPSA) is 70.2 Å². The van der Waals surface area contributed by atoms with Crippen LogP contribution in [0.4, 0.5) is 15.9 Å². The summed E-state index contributed by atoms with van der Waals surface area (Å²) >= 11 is 0. The summed E-state index contributed by atoms with van der Waals surface area (Å²) in [5.41, 5.74) is 2.94. The number of halogens is 1. The average molecular weight is 420 g/mol. The fourth-order valence-electron chi connectivity index (χ4n) is 3.67. The number of carbonyl (C=O) groups excluding carboxylic acids is 1. The molecule has 2 heterocycles. The van der Waals surface area contributed by atoms with E-state index in [4.69, 9.17) is 0 Å². The van der Waals surface area contributed by atoms with Gasteiger partial charge in [0, 0.05) is 36.0 Å². The van der Waals surface area contributed by atoms with Crippen molar-refractivity contribution in [2.45, 2.75) is 19.3 Å². The number of hydrogen-bond acceptors (Lipinski definition) is 5. The quantitative estimate of drug-likeness (QED) is 0.599. The summed E-state index contributed by atoms with van der Waals surface area (Å²) < 4.78 is 13.1. The Balaban J connectivity index is 1.32. The first kappa shape index (κ1) is 20.9. The van der Waals surface area contributed by atoms with Gasteiger partial charge in [0.25, 0.3) is 5.91 Å². The predicted molar refractivity (Wildman–Crippen MR) is 120 cm³/mol. The lowest BCUT2D eigenvalue weighted by atomic mass is 10.1. The molecule has 31 heavy (non-hydrogen) atoms. The molecule has 0 atom stereocenters. The van der Waals surface area contributed by atoms with Crippen molar-refractivity contribution in [3.63, 3.8) is 0 Å². The van der Waals surface area contributed by atoms with Crippen molar-refractivity contribution in [3.8, 4) is 11.3 Å². The SMILES string of the molecule is O=C(NCCN1CCCCC1)c1ccc(Nc2cc(-c3ccc(F)cc3)ncn2)cc1. The number of nitrogens with zero attached hydrogens (tertiary/aromatic N) is 3. The van der Waals surface area contributed by atoms with Gasteiger partial charge in [-0.15, -0.1) is 0 Å². The predicted octanol–water partition coefficient (Wildman–Crippen LogP) is 4.24. The maximum atomic E-state index is 13.1. The largest absolute Gasteiger partial charge is 0.351 e. The molecule has 0 spiro atoms. The normalized spacial score (nSPS) is 14.2. The molecular formula is C24H26FN5O. The molecule has 0 radical (unpaired) electrons. The van der Waals surface area contributed by atoms with E-state index in [1.54, 1.807) is 30.3 Å². The third kappa shape index (κ3) is 5.86. The van der Waals surface area contributed by atoms with Gasteiger partial charge in [0.05, 0.1) is 5.69 Å². The molecule has 1 saturated heterocycles. The summed E-state index contributed by atoms with van der Waals surface area (Å²) in [6, 6.07) is 15.2. The number of amides is 1. The van der Waals surface area contributed by atoms with E-state index in [-0.39, 0.29) is 11.7 Å². The molecule has 7 heteroatoms. The Hall–Kier alpha value is -3.32. The summed E-state index contributed by atoms with van der Waals surface area (Å²) in [5.74, 6) is 0.268. The van der Waals surface area contributed by atoms with E-state index in [2.05, 4.69) is 25.5 Å². The zero-order chi connectivity index (χ0) is 21.5. The number of aromatic nitrogens is 2. The van der Waals surface area contributed by atoms with E-state index < -0.39 is 0 Å². The van der Waals surface area contributed by atoms with Crippen LogP contribution in [-0.2, 0) is 0 Å². The molecule has 0 aliphatic carbocycles. The Bertz CT molecular complexity index is 1000. The smallest absolute Gasteiger partial charge is 0.251 e.